The fraction of sp³-hybridized carbons (Fsp3) is 0.286. The van der Waals surface area contributed by atoms with E-state index in [1.54, 1.807) is 6.07 Å². The summed E-state index contributed by atoms with van der Waals surface area (Å²) in [5.74, 6) is -0.251. The Morgan fingerprint density at radius 3 is 2.69 bits per heavy atom. The number of nitrogens with zero attached hydrogens (tertiary/aromatic N) is 2. The van der Waals surface area contributed by atoms with E-state index in [2.05, 4.69) is 19.5 Å². The van der Waals surface area contributed by atoms with Gasteiger partial charge in [-0.3, -0.25) is 8.98 Å². The summed E-state index contributed by atoms with van der Waals surface area (Å²) in [5.41, 5.74) is 0.145. The zero-order chi connectivity index (χ0) is 26.1. The average Bonchev–Trinajstić information content (AvgIpc) is 3.44. The molecule has 3 aromatic rings. The van der Waals surface area contributed by atoms with Crippen molar-refractivity contribution >= 4 is 66.3 Å². The molecule has 0 aliphatic heterocycles. The van der Waals surface area contributed by atoms with E-state index in [1.165, 1.54) is 36.8 Å². The summed E-state index contributed by atoms with van der Waals surface area (Å²) in [6, 6.07) is 6.91. The minimum atomic E-state index is -4.01. The molecular weight excluding hydrogens is 571 g/mol. The first-order valence-corrected chi connectivity index (χ1v) is 15.0. The third-order valence-corrected chi connectivity index (χ3v) is 9.66. The number of nitrogens with two attached hydrogens (primary N) is 1. The van der Waals surface area contributed by atoms with Crippen molar-refractivity contribution in [3.63, 3.8) is 0 Å². The van der Waals surface area contributed by atoms with Crippen LogP contribution in [-0.2, 0) is 24.3 Å². The van der Waals surface area contributed by atoms with Crippen LogP contribution in [-0.4, -0.2) is 45.2 Å². The number of hydrogen-bond donors (Lipinski definition) is 2. The van der Waals surface area contributed by atoms with Gasteiger partial charge in [-0.25, -0.2) is 23.5 Å². The molecule has 0 saturated heterocycles. The van der Waals surface area contributed by atoms with Gasteiger partial charge >= 0.3 is 10.3 Å². The van der Waals surface area contributed by atoms with Gasteiger partial charge in [0.2, 0.25) is 15.6 Å². The van der Waals surface area contributed by atoms with E-state index in [4.69, 9.17) is 28.3 Å². The number of hydrogen-bond acceptors (Lipinski definition) is 10. The molecule has 1 aromatic carbocycles. The molecule has 36 heavy (non-hydrogen) atoms. The number of benzene rings is 1. The van der Waals surface area contributed by atoms with Crippen molar-refractivity contribution in [2.24, 2.45) is 11.1 Å². The molecule has 0 spiro atoms. The first kappa shape index (κ1) is 26.9. The summed E-state index contributed by atoms with van der Waals surface area (Å²) < 4.78 is 52.9. The number of thiophene rings is 1. The Kier molecular flexibility index (Phi) is 8.00. The lowest BCUT2D eigenvalue weighted by atomic mass is 10.1. The molecule has 3 N–H and O–H groups in total. The van der Waals surface area contributed by atoms with Crippen LogP contribution in [0.3, 0.4) is 0 Å². The van der Waals surface area contributed by atoms with E-state index < -0.39 is 25.9 Å². The molecule has 0 amide bonds. The van der Waals surface area contributed by atoms with Gasteiger partial charge in [-0.2, -0.15) is 8.42 Å². The molecule has 1 aliphatic rings. The summed E-state index contributed by atoms with van der Waals surface area (Å²) in [5, 5.41) is 8.34. The molecule has 1 saturated carbocycles. The van der Waals surface area contributed by atoms with Crippen molar-refractivity contribution in [2.75, 3.05) is 11.9 Å². The Labute approximate surface area is 222 Å². The van der Waals surface area contributed by atoms with Gasteiger partial charge in [0.25, 0.3) is 0 Å². The van der Waals surface area contributed by atoms with E-state index in [9.17, 15) is 21.6 Å². The second-order valence-electron chi connectivity index (χ2n) is 8.12. The topological polar surface area (TPSA) is 158 Å². The van der Waals surface area contributed by atoms with Crippen LogP contribution >= 0.6 is 34.5 Å². The number of carbonyl (C=O) groups excluding carboxylic acids is 1. The van der Waals surface area contributed by atoms with E-state index in [0.717, 1.165) is 11.3 Å². The van der Waals surface area contributed by atoms with Crippen molar-refractivity contribution < 1.29 is 25.8 Å². The summed E-state index contributed by atoms with van der Waals surface area (Å²) in [6.45, 7) is -0.0237. The highest BCUT2D eigenvalue weighted by Gasteiger charge is 2.30. The fourth-order valence-electron chi connectivity index (χ4n) is 3.89. The van der Waals surface area contributed by atoms with Crippen LogP contribution < -0.4 is 10.5 Å². The first-order valence-electron chi connectivity index (χ1n) is 10.5. The fourth-order valence-corrected chi connectivity index (χ4v) is 7.68. The van der Waals surface area contributed by atoms with Gasteiger partial charge in [-0.15, -0.1) is 11.3 Å². The highest BCUT2D eigenvalue weighted by molar-refractivity contribution is 7.91. The lowest BCUT2D eigenvalue weighted by Gasteiger charge is -2.15. The van der Waals surface area contributed by atoms with Crippen molar-refractivity contribution in [1.29, 1.82) is 0 Å². The molecular formula is C21H20Cl2N4O6S3. The predicted octanol–water partition coefficient (Wildman–Crippen LogP) is 3.71. The van der Waals surface area contributed by atoms with E-state index in [1.807, 2.05) is 0 Å². The molecule has 4 rings (SSSR count). The second kappa shape index (κ2) is 10.7. The highest BCUT2D eigenvalue weighted by atomic mass is 35.5. The van der Waals surface area contributed by atoms with E-state index >= 15 is 0 Å². The van der Waals surface area contributed by atoms with Crippen LogP contribution in [0.2, 0.25) is 9.36 Å². The summed E-state index contributed by atoms with van der Waals surface area (Å²) in [7, 11) is -8.02. The Morgan fingerprint density at radius 1 is 1.19 bits per heavy atom. The molecule has 15 heteroatoms. The van der Waals surface area contributed by atoms with Gasteiger partial charge < -0.3 is 5.32 Å². The quantitative estimate of drug-likeness (QED) is 0.354. The van der Waals surface area contributed by atoms with Crippen LogP contribution in [0, 0.1) is 5.92 Å². The molecule has 1 fully saturated rings. The van der Waals surface area contributed by atoms with Gasteiger partial charge in [0.05, 0.1) is 21.9 Å². The highest BCUT2D eigenvalue weighted by Crippen LogP contribution is 2.37. The number of ketones is 1. The van der Waals surface area contributed by atoms with E-state index in [-0.39, 0.29) is 54.0 Å². The number of carbonyl (C=O) groups is 1. The van der Waals surface area contributed by atoms with Gasteiger partial charge in [0, 0.05) is 17.3 Å². The summed E-state index contributed by atoms with van der Waals surface area (Å²) in [4.78, 5) is 21.3. The van der Waals surface area contributed by atoms with Gasteiger partial charge in [-0.05, 0) is 49.4 Å². The number of halogens is 2. The molecule has 0 unspecified atom stereocenters. The van der Waals surface area contributed by atoms with Crippen molar-refractivity contribution in [3.8, 4) is 0 Å². The maximum absolute atomic E-state index is 13.3. The average molecular weight is 592 g/mol. The second-order valence-corrected chi connectivity index (χ2v) is 13.4. The molecule has 0 radical (unpaired) electrons. The van der Waals surface area contributed by atoms with E-state index in [0.29, 0.717) is 19.3 Å². The third kappa shape index (κ3) is 6.22. The smallest absolute Gasteiger partial charge is 0.333 e. The molecule has 0 bridgehead atoms. The molecule has 2 aromatic heterocycles. The van der Waals surface area contributed by atoms with Crippen molar-refractivity contribution in [2.45, 2.75) is 35.1 Å². The standard InChI is InChI=1S/C21H20Cl2N4O6S3/c22-13-2-1-3-15(7-13)35(29,30)18-8-17(34-20(18)23)19(28)16-9-25-11-26-21(16)27-14-5-4-12(6-14)10-33-36(24,31)32/h1-3,7-9,11-12,14H,4-6,10H2,(H2,24,31,32)(H,25,26,27)/t12-,14+/m1/s1. The maximum atomic E-state index is 13.3. The third-order valence-electron chi connectivity index (χ3n) is 5.58. The minimum Gasteiger partial charge on any atom is -0.367 e. The number of anilines is 1. The van der Waals surface area contributed by atoms with Crippen LogP contribution in [0.15, 0.2) is 52.6 Å². The van der Waals surface area contributed by atoms with Crippen molar-refractivity contribution in [1.82, 2.24) is 9.97 Å². The van der Waals surface area contributed by atoms with Gasteiger partial charge in [0.1, 0.15) is 21.4 Å². The SMILES string of the molecule is NS(=O)(=O)OC[C@@H]1CC[C@H](Nc2ncncc2C(=O)c2cc(S(=O)(=O)c3cccc(Cl)c3)c(Cl)s2)C1. The zero-order valence-electron chi connectivity index (χ0n) is 18.4. The lowest BCUT2D eigenvalue weighted by Crippen LogP contribution is -2.22. The monoisotopic (exact) mass is 590 g/mol. The summed E-state index contributed by atoms with van der Waals surface area (Å²) in [6.07, 6.45) is 4.61. The predicted molar refractivity (Wildman–Crippen MR) is 136 cm³/mol. The first-order chi connectivity index (χ1) is 16.9. The Hall–Kier alpha value is -2.13. The van der Waals surface area contributed by atoms with Crippen LogP contribution in [0.4, 0.5) is 5.82 Å². The maximum Gasteiger partial charge on any atom is 0.333 e. The normalized spacial score (nSPS) is 18.3. The molecule has 10 nitrogen and oxygen atoms in total. The molecule has 1 aliphatic carbocycles. The molecule has 2 atom stereocenters. The van der Waals surface area contributed by atoms with Crippen LogP contribution in [0.5, 0.6) is 0 Å². The van der Waals surface area contributed by atoms with Crippen molar-refractivity contribution in [3.05, 3.63) is 62.7 Å². The van der Waals surface area contributed by atoms with Gasteiger partial charge in [0.15, 0.2) is 0 Å². The van der Waals surface area contributed by atoms with Crippen LogP contribution in [0.25, 0.3) is 0 Å². The number of rotatable bonds is 9. The largest absolute Gasteiger partial charge is 0.367 e. The number of sulfone groups is 1. The Balaban J connectivity index is 1.54. The Bertz CT molecular complexity index is 1510. The summed E-state index contributed by atoms with van der Waals surface area (Å²) >= 11 is 13.0. The minimum absolute atomic E-state index is 0.0237. The van der Waals surface area contributed by atoms with Crippen LogP contribution in [0.1, 0.15) is 34.5 Å². The lowest BCUT2D eigenvalue weighted by molar-refractivity contribution is 0.104. The number of nitrogens with one attached hydrogen (secondary N) is 1. The number of aromatic nitrogens is 2. The van der Waals surface area contributed by atoms with Gasteiger partial charge in [-0.1, -0.05) is 29.3 Å². The molecule has 2 heterocycles. The Morgan fingerprint density at radius 2 is 1.97 bits per heavy atom. The zero-order valence-corrected chi connectivity index (χ0v) is 22.4. The molecule has 192 valence electrons.